The van der Waals surface area contributed by atoms with Crippen LogP contribution in [-0.4, -0.2) is 42.6 Å². The predicted octanol–water partition coefficient (Wildman–Crippen LogP) is 1.49. The summed E-state index contributed by atoms with van der Waals surface area (Å²) in [4.78, 5) is 37.8. The molecular weight excluding hydrogens is 287 g/mol. The number of hydrogen-bond acceptors (Lipinski definition) is 3. The number of benzene rings is 1. The number of amides is 2. The second-order valence-electron chi connectivity index (χ2n) is 4.38. The SMILES string of the molecule is CCN(C)C(=O)CN1C(=O)C(=O)c2c(Cl)ccc(F)c21. The fraction of sp³-hybridized carbons (Fsp3) is 0.308. The van der Waals surface area contributed by atoms with Gasteiger partial charge in [0.05, 0.1) is 16.3 Å². The van der Waals surface area contributed by atoms with E-state index in [9.17, 15) is 18.8 Å². The van der Waals surface area contributed by atoms with Crippen LogP contribution < -0.4 is 4.90 Å². The minimum absolute atomic E-state index is 0.00135. The Morgan fingerprint density at radius 1 is 1.40 bits per heavy atom. The van der Waals surface area contributed by atoms with Gasteiger partial charge in [0.25, 0.3) is 11.7 Å². The van der Waals surface area contributed by atoms with E-state index in [2.05, 4.69) is 0 Å². The van der Waals surface area contributed by atoms with E-state index in [-0.39, 0.29) is 28.7 Å². The van der Waals surface area contributed by atoms with Gasteiger partial charge in [0.1, 0.15) is 12.4 Å². The van der Waals surface area contributed by atoms with Gasteiger partial charge >= 0.3 is 0 Å². The molecule has 1 aromatic rings. The molecule has 2 rings (SSSR count). The van der Waals surface area contributed by atoms with E-state index < -0.39 is 17.5 Å². The molecule has 106 valence electrons. The van der Waals surface area contributed by atoms with Crippen molar-refractivity contribution in [1.82, 2.24) is 4.90 Å². The summed E-state index contributed by atoms with van der Waals surface area (Å²) in [5.74, 6) is -2.97. The summed E-state index contributed by atoms with van der Waals surface area (Å²) >= 11 is 5.83. The molecule has 1 aromatic carbocycles. The van der Waals surface area contributed by atoms with Crippen molar-refractivity contribution in [2.24, 2.45) is 0 Å². The highest BCUT2D eigenvalue weighted by molar-refractivity contribution is 6.55. The number of Topliss-reactive ketones (excluding diaryl/α,β-unsaturated/α-hetero) is 1. The third-order valence-corrected chi connectivity index (χ3v) is 3.52. The second kappa shape index (κ2) is 5.20. The van der Waals surface area contributed by atoms with Gasteiger partial charge in [-0.15, -0.1) is 0 Å². The van der Waals surface area contributed by atoms with Gasteiger partial charge in [-0.2, -0.15) is 0 Å². The summed E-state index contributed by atoms with van der Waals surface area (Å²) in [5, 5.41) is -0.00135. The third kappa shape index (κ3) is 2.16. The molecule has 0 bridgehead atoms. The van der Waals surface area contributed by atoms with E-state index in [4.69, 9.17) is 11.6 Å². The highest BCUT2D eigenvalue weighted by Crippen LogP contribution is 2.36. The van der Waals surface area contributed by atoms with Gasteiger partial charge in [-0.05, 0) is 19.1 Å². The molecule has 2 amide bonds. The molecule has 7 heteroatoms. The first kappa shape index (κ1) is 14.5. The molecule has 0 unspecified atom stereocenters. The second-order valence-corrected chi connectivity index (χ2v) is 4.79. The van der Waals surface area contributed by atoms with Gasteiger partial charge in [-0.1, -0.05) is 11.6 Å². The molecule has 1 heterocycles. The molecular formula is C13H12ClFN2O3. The highest BCUT2D eigenvalue weighted by Gasteiger charge is 2.40. The van der Waals surface area contributed by atoms with E-state index in [0.29, 0.717) is 6.54 Å². The number of ketones is 1. The van der Waals surface area contributed by atoms with Crippen LogP contribution in [0.25, 0.3) is 0 Å². The lowest BCUT2D eigenvalue weighted by Crippen LogP contribution is -2.41. The summed E-state index contributed by atoms with van der Waals surface area (Å²) in [6.45, 7) is 1.82. The van der Waals surface area contributed by atoms with Crippen LogP contribution in [-0.2, 0) is 9.59 Å². The molecule has 5 nitrogen and oxygen atoms in total. The van der Waals surface area contributed by atoms with Gasteiger partial charge in [-0.25, -0.2) is 4.39 Å². The Kier molecular flexibility index (Phi) is 3.76. The number of carbonyl (C=O) groups excluding carboxylic acids is 3. The average molecular weight is 299 g/mol. The van der Waals surface area contributed by atoms with Crippen LogP contribution in [0.1, 0.15) is 17.3 Å². The van der Waals surface area contributed by atoms with Gasteiger partial charge in [-0.3, -0.25) is 19.3 Å². The minimum Gasteiger partial charge on any atom is -0.344 e. The van der Waals surface area contributed by atoms with Crippen molar-refractivity contribution in [2.45, 2.75) is 6.92 Å². The van der Waals surface area contributed by atoms with E-state index in [1.54, 1.807) is 14.0 Å². The number of likely N-dealkylation sites (N-methyl/N-ethyl adjacent to an activating group) is 1. The molecule has 1 aliphatic rings. The molecule has 0 aromatic heterocycles. The van der Waals surface area contributed by atoms with Crippen LogP contribution in [0.15, 0.2) is 12.1 Å². The van der Waals surface area contributed by atoms with Crippen LogP contribution in [0, 0.1) is 5.82 Å². The lowest BCUT2D eigenvalue weighted by atomic mass is 10.1. The molecule has 0 atom stereocenters. The first-order valence-electron chi connectivity index (χ1n) is 5.96. The maximum atomic E-state index is 13.9. The van der Waals surface area contributed by atoms with Crippen LogP contribution in [0.5, 0.6) is 0 Å². The number of halogens is 2. The normalized spacial score (nSPS) is 13.7. The Labute approximate surface area is 119 Å². The summed E-state index contributed by atoms with van der Waals surface area (Å²) in [6.07, 6.45) is 0. The van der Waals surface area contributed by atoms with Gasteiger partial charge in [0.2, 0.25) is 5.91 Å². The summed E-state index contributed by atoms with van der Waals surface area (Å²) in [5.41, 5.74) is -0.394. The van der Waals surface area contributed by atoms with Gasteiger partial charge < -0.3 is 4.90 Å². The standard InChI is InChI=1S/C13H12ClFN2O3/c1-3-16(2)9(18)6-17-11-8(15)5-4-7(14)10(11)12(19)13(17)20/h4-5H,3,6H2,1-2H3. The largest absolute Gasteiger partial charge is 0.344 e. The molecule has 0 radical (unpaired) electrons. The summed E-state index contributed by atoms with van der Waals surface area (Å²) < 4.78 is 13.9. The average Bonchev–Trinajstić information content (AvgIpc) is 2.68. The van der Waals surface area contributed by atoms with Crippen molar-refractivity contribution in [1.29, 1.82) is 0 Å². The topological polar surface area (TPSA) is 57.7 Å². The lowest BCUT2D eigenvalue weighted by molar-refractivity contribution is -0.129. The monoisotopic (exact) mass is 298 g/mol. The third-order valence-electron chi connectivity index (χ3n) is 3.21. The smallest absolute Gasteiger partial charge is 0.300 e. The lowest BCUT2D eigenvalue weighted by Gasteiger charge is -2.20. The van der Waals surface area contributed by atoms with Crippen molar-refractivity contribution in [3.8, 4) is 0 Å². The molecule has 0 aliphatic carbocycles. The maximum Gasteiger partial charge on any atom is 0.300 e. The van der Waals surface area contributed by atoms with Gasteiger partial charge in [0.15, 0.2) is 0 Å². The number of anilines is 1. The van der Waals surface area contributed by atoms with Crippen molar-refractivity contribution in [2.75, 3.05) is 25.0 Å². The number of nitrogens with zero attached hydrogens (tertiary/aromatic N) is 2. The Balaban J connectivity index is 2.44. The molecule has 0 fully saturated rings. The number of rotatable bonds is 3. The van der Waals surface area contributed by atoms with E-state index in [1.165, 1.54) is 11.0 Å². The number of hydrogen-bond donors (Lipinski definition) is 0. The van der Waals surface area contributed by atoms with Crippen molar-refractivity contribution < 1.29 is 18.8 Å². The molecule has 0 spiro atoms. The predicted molar refractivity (Wildman–Crippen MR) is 71.4 cm³/mol. The van der Waals surface area contributed by atoms with Crippen LogP contribution in [0.4, 0.5) is 10.1 Å². The number of fused-ring (bicyclic) bond motifs is 1. The van der Waals surface area contributed by atoms with E-state index >= 15 is 0 Å². The van der Waals surface area contributed by atoms with Crippen LogP contribution in [0.3, 0.4) is 0 Å². The van der Waals surface area contributed by atoms with Gasteiger partial charge in [0, 0.05) is 13.6 Å². The maximum absolute atomic E-state index is 13.9. The zero-order valence-corrected chi connectivity index (χ0v) is 11.7. The van der Waals surface area contributed by atoms with Crippen molar-refractivity contribution in [3.63, 3.8) is 0 Å². The Morgan fingerprint density at radius 2 is 2.05 bits per heavy atom. The minimum atomic E-state index is -0.940. The zero-order chi connectivity index (χ0) is 15.0. The Hall–Kier alpha value is -1.95. The molecule has 20 heavy (non-hydrogen) atoms. The first-order valence-corrected chi connectivity index (χ1v) is 6.34. The molecule has 0 saturated heterocycles. The molecule has 0 N–H and O–H groups in total. The first-order chi connectivity index (χ1) is 9.38. The quantitative estimate of drug-likeness (QED) is 0.794. The van der Waals surface area contributed by atoms with Crippen molar-refractivity contribution in [3.05, 3.63) is 28.5 Å². The van der Waals surface area contributed by atoms with E-state index in [0.717, 1.165) is 11.0 Å². The Bertz CT molecular complexity index is 618. The summed E-state index contributed by atoms with van der Waals surface area (Å²) in [7, 11) is 1.56. The van der Waals surface area contributed by atoms with Crippen LogP contribution in [0.2, 0.25) is 5.02 Å². The van der Waals surface area contributed by atoms with Crippen LogP contribution >= 0.6 is 11.6 Å². The van der Waals surface area contributed by atoms with Crippen molar-refractivity contribution >= 4 is 34.9 Å². The molecule has 0 saturated carbocycles. The molecule has 1 aliphatic heterocycles. The zero-order valence-electron chi connectivity index (χ0n) is 10.9. The summed E-state index contributed by atoms with van der Waals surface area (Å²) in [6, 6.07) is 2.28. The Morgan fingerprint density at radius 3 is 2.65 bits per heavy atom. The van der Waals surface area contributed by atoms with E-state index in [1.807, 2.05) is 0 Å². The fourth-order valence-electron chi connectivity index (χ4n) is 1.94. The number of carbonyl (C=O) groups is 3. The fourth-order valence-corrected chi connectivity index (χ4v) is 2.17. The highest BCUT2D eigenvalue weighted by atomic mass is 35.5.